The summed E-state index contributed by atoms with van der Waals surface area (Å²) in [4.78, 5) is 37.2. The predicted molar refractivity (Wildman–Crippen MR) is 124 cm³/mol. The lowest BCUT2D eigenvalue weighted by molar-refractivity contribution is -0.139. The van der Waals surface area contributed by atoms with Gasteiger partial charge in [0.05, 0.1) is 23.6 Å². The molecule has 1 aromatic rings. The molecule has 0 unspecified atom stereocenters. The van der Waals surface area contributed by atoms with E-state index in [9.17, 15) is 14.4 Å². The van der Waals surface area contributed by atoms with Crippen molar-refractivity contribution in [1.29, 1.82) is 0 Å². The first kappa shape index (κ1) is 25.3. The monoisotopic (exact) mass is 447 g/mol. The van der Waals surface area contributed by atoms with Crippen molar-refractivity contribution in [3.05, 3.63) is 35.4 Å². The van der Waals surface area contributed by atoms with Gasteiger partial charge < -0.3 is 14.5 Å². The Bertz CT molecular complexity index is 833. The number of Topliss-reactive ketones (excluding diaryl/α,β-unsaturated/α-hetero) is 1. The first-order chi connectivity index (χ1) is 14.0. The molecule has 1 N–H and O–H groups in total. The number of amides is 1. The van der Waals surface area contributed by atoms with Crippen LogP contribution < -0.4 is 5.32 Å². The average molecular weight is 448 g/mol. The van der Waals surface area contributed by atoms with E-state index in [0.29, 0.717) is 11.1 Å². The molecule has 6 nitrogen and oxygen atoms in total. The van der Waals surface area contributed by atoms with Gasteiger partial charge in [-0.1, -0.05) is 32.9 Å². The number of hydrogen-bond acceptors (Lipinski definition) is 5. The Morgan fingerprint density at radius 1 is 1.03 bits per heavy atom. The Hall–Kier alpha value is -1.99. The molecule has 0 radical (unpaired) electrons. The second kappa shape index (κ2) is 8.86. The van der Waals surface area contributed by atoms with Crippen molar-refractivity contribution in [2.45, 2.75) is 90.8 Å². The molecule has 1 heterocycles. The Balaban J connectivity index is 2.01. The summed E-state index contributed by atoms with van der Waals surface area (Å²) in [6.45, 7) is 18.2. The quantitative estimate of drug-likeness (QED) is 0.283. The number of hydrogen-bond donors (Lipinski definition) is 1. The molecule has 1 amide bonds. The fourth-order valence-corrected chi connectivity index (χ4v) is 4.76. The minimum Gasteiger partial charge on any atom is -0.456 e. The number of ether oxygens (including phenoxy) is 1. The molecule has 1 aliphatic rings. The van der Waals surface area contributed by atoms with E-state index < -0.39 is 19.9 Å². The number of carbonyl (C=O) groups excluding carboxylic acids is 3. The molecule has 2 rings (SSSR count). The van der Waals surface area contributed by atoms with Crippen LogP contribution in [0.4, 0.5) is 0 Å². The Morgan fingerprint density at radius 3 is 2.00 bits per heavy atom. The van der Waals surface area contributed by atoms with Gasteiger partial charge in [-0.3, -0.25) is 9.59 Å². The smallest absolute Gasteiger partial charge is 0.338 e. The lowest BCUT2D eigenvalue weighted by Crippen LogP contribution is -2.64. The summed E-state index contributed by atoms with van der Waals surface area (Å²) in [5, 5.41) is 2.90. The summed E-state index contributed by atoms with van der Waals surface area (Å²) in [5.41, 5.74) is 0.328. The molecule has 7 heteroatoms. The van der Waals surface area contributed by atoms with Crippen LogP contribution in [0.5, 0.6) is 0 Å². The van der Waals surface area contributed by atoms with Gasteiger partial charge in [0, 0.05) is 12.0 Å². The van der Waals surface area contributed by atoms with Gasteiger partial charge in [0.15, 0.2) is 14.1 Å². The molecule has 0 bridgehead atoms. The summed E-state index contributed by atoms with van der Waals surface area (Å²) >= 11 is 0. The van der Waals surface area contributed by atoms with Crippen molar-refractivity contribution >= 4 is 26.0 Å². The van der Waals surface area contributed by atoms with E-state index in [2.05, 4.69) is 39.2 Å². The lowest BCUT2D eigenvalue weighted by Gasteiger charge is -2.45. The second-order valence-corrected chi connectivity index (χ2v) is 15.7. The van der Waals surface area contributed by atoms with Crippen molar-refractivity contribution in [3.63, 3.8) is 0 Å². The van der Waals surface area contributed by atoms with E-state index >= 15 is 0 Å². The predicted octanol–water partition coefficient (Wildman–Crippen LogP) is 4.74. The minimum atomic E-state index is -2.02. The summed E-state index contributed by atoms with van der Waals surface area (Å²) in [6.07, 6.45) is -0.0464. The van der Waals surface area contributed by atoms with E-state index in [1.54, 1.807) is 24.3 Å². The van der Waals surface area contributed by atoms with Gasteiger partial charge in [-0.2, -0.15) is 0 Å². The van der Waals surface area contributed by atoms with Gasteiger partial charge in [-0.05, 0) is 58.0 Å². The van der Waals surface area contributed by atoms with E-state index in [4.69, 9.17) is 9.16 Å². The zero-order valence-electron chi connectivity index (χ0n) is 20.3. The van der Waals surface area contributed by atoms with Crippen LogP contribution in [-0.2, 0) is 14.0 Å². The van der Waals surface area contributed by atoms with Gasteiger partial charge >= 0.3 is 5.97 Å². The van der Waals surface area contributed by atoms with Crippen LogP contribution in [0.15, 0.2) is 24.3 Å². The van der Waals surface area contributed by atoms with Crippen molar-refractivity contribution in [2.24, 2.45) is 5.92 Å². The molecule has 0 saturated carbocycles. The highest BCUT2D eigenvalue weighted by atomic mass is 28.4. The van der Waals surface area contributed by atoms with Crippen LogP contribution in [0.2, 0.25) is 18.1 Å². The molecule has 1 aliphatic heterocycles. The van der Waals surface area contributed by atoms with Crippen molar-refractivity contribution in [3.8, 4) is 0 Å². The van der Waals surface area contributed by atoms with Crippen LogP contribution in [-0.4, -0.2) is 43.7 Å². The third kappa shape index (κ3) is 6.26. The molecule has 1 fully saturated rings. The molecular weight excluding hydrogens is 410 g/mol. The first-order valence-corrected chi connectivity index (χ1v) is 13.8. The average Bonchev–Trinajstić information content (AvgIpc) is 2.58. The van der Waals surface area contributed by atoms with E-state index in [-0.39, 0.29) is 41.2 Å². The Labute approximate surface area is 187 Å². The molecule has 0 aromatic heterocycles. The summed E-state index contributed by atoms with van der Waals surface area (Å²) in [5.74, 6) is -0.900. The number of β-lactam (4-membered cyclic amide) rings is 1. The van der Waals surface area contributed by atoms with Crippen molar-refractivity contribution in [2.75, 3.05) is 0 Å². The van der Waals surface area contributed by atoms with Gasteiger partial charge in [-0.15, -0.1) is 0 Å². The third-order valence-corrected chi connectivity index (χ3v) is 10.7. The maximum Gasteiger partial charge on any atom is 0.338 e. The number of benzene rings is 1. The Kier molecular flexibility index (Phi) is 7.22. The zero-order chi connectivity index (χ0) is 23.8. The lowest BCUT2D eigenvalue weighted by atomic mass is 9.82. The Morgan fingerprint density at radius 2 is 1.55 bits per heavy atom. The van der Waals surface area contributed by atoms with Crippen molar-refractivity contribution < 1.29 is 23.5 Å². The molecule has 31 heavy (non-hydrogen) atoms. The highest BCUT2D eigenvalue weighted by molar-refractivity contribution is 6.74. The fourth-order valence-electron chi connectivity index (χ4n) is 3.34. The summed E-state index contributed by atoms with van der Waals surface area (Å²) in [7, 11) is -2.02. The maximum absolute atomic E-state index is 12.8. The van der Waals surface area contributed by atoms with Crippen LogP contribution in [0.3, 0.4) is 0 Å². The van der Waals surface area contributed by atoms with E-state index in [1.807, 2.05) is 27.7 Å². The molecule has 172 valence electrons. The molecule has 1 aromatic carbocycles. The molecular formula is C24H37NO5Si. The van der Waals surface area contributed by atoms with E-state index in [1.165, 1.54) is 0 Å². The number of nitrogens with one attached hydrogen (secondary N) is 1. The summed E-state index contributed by atoms with van der Waals surface area (Å²) in [6, 6.07) is 6.22. The topological polar surface area (TPSA) is 81.7 Å². The standard InChI is InChI=1S/C24H37NO5Si/c1-15(30-31(8,9)24(5,6)7)20-18(25-21(20)27)14-19(26)16-10-12-17(13-11-16)22(28)29-23(2,3)4/h10-13,15,18,20H,14H2,1-9H3,(H,25,27)/t15-,18-,20-/m1/s1. The van der Waals surface area contributed by atoms with Gasteiger partial charge in [0.25, 0.3) is 0 Å². The van der Waals surface area contributed by atoms with Gasteiger partial charge in [0.2, 0.25) is 5.91 Å². The highest BCUT2D eigenvalue weighted by Gasteiger charge is 2.47. The molecule has 0 aliphatic carbocycles. The minimum absolute atomic E-state index is 0.0443. The maximum atomic E-state index is 12.8. The number of ketones is 1. The number of esters is 1. The fraction of sp³-hybridized carbons (Fsp3) is 0.625. The number of carbonyl (C=O) groups is 3. The largest absolute Gasteiger partial charge is 0.456 e. The van der Waals surface area contributed by atoms with Crippen molar-refractivity contribution in [1.82, 2.24) is 5.32 Å². The second-order valence-electron chi connectivity index (χ2n) is 10.9. The normalized spacial score (nSPS) is 20.5. The summed E-state index contributed by atoms with van der Waals surface area (Å²) < 4.78 is 11.7. The van der Waals surface area contributed by atoms with Crippen LogP contribution in [0, 0.1) is 5.92 Å². The van der Waals surface area contributed by atoms with Crippen LogP contribution >= 0.6 is 0 Å². The third-order valence-electron chi connectivity index (χ3n) is 6.10. The highest BCUT2D eigenvalue weighted by Crippen LogP contribution is 2.39. The van der Waals surface area contributed by atoms with Crippen LogP contribution in [0.25, 0.3) is 0 Å². The van der Waals surface area contributed by atoms with Gasteiger partial charge in [0.1, 0.15) is 5.60 Å². The van der Waals surface area contributed by atoms with E-state index in [0.717, 1.165) is 0 Å². The molecule has 0 spiro atoms. The SMILES string of the molecule is C[C@@H](O[Si](C)(C)C(C)(C)C)[C@H]1C(=O)N[C@@H]1CC(=O)c1ccc(C(=O)OC(C)(C)C)cc1. The van der Waals surface area contributed by atoms with Gasteiger partial charge in [-0.25, -0.2) is 4.79 Å². The molecule has 1 saturated heterocycles. The number of rotatable bonds is 7. The van der Waals surface area contributed by atoms with Crippen LogP contribution in [0.1, 0.15) is 75.6 Å². The first-order valence-electron chi connectivity index (χ1n) is 10.9. The zero-order valence-corrected chi connectivity index (χ0v) is 21.3. The molecule has 3 atom stereocenters.